The molecule has 1 aromatic heterocycles. The Kier molecular flexibility index (Phi) is 5.51. The first-order valence-electron chi connectivity index (χ1n) is 9.56. The number of hydrazone groups is 1. The molecular weight excluding hydrogens is 419 g/mol. The fourth-order valence-corrected chi connectivity index (χ4v) is 4.65. The second-order valence-corrected chi connectivity index (χ2v) is 8.21. The second-order valence-electron chi connectivity index (χ2n) is 7.20. The number of hydrogen-bond donors (Lipinski definition) is 2. The summed E-state index contributed by atoms with van der Waals surface area (Å²) in [6.45, 7) is 4.57. The van der Waals surface area contributed by atoms with E-state index in [4.69, 9.17) is 5.11 Å². The lowest BCUT2D eigenvalue weighted by Gasteiger charge is -2.34. The van der Waals surface area contributed by atoms with Crippen molar-refractivity contribution in [2.75, 3.05) is 44.3 Å². The molecule has 2 aliphatic rings. The minimum Gasteiger partial charge on any atom is -0.391 e. The normalized spacial score (nSPS) is 20.3. The Balaban J connectivity index is 1.68. The van der Waals surface area contributed by atoms with Crippen molar-refractivity contribution < 1.29 is 28.0 Å². The van der Waals surface area contributed by atoms with Crippen molar-refractivity contribution in [3.63, 3.8) is 0 Å². The monoisotopic (exact) mass is 440 g/mol. The van der Waals surface area contributed by atoms with E-state index in [9.17, 15) is 18.0 Å². The molecule has 1 aromatic carbocycles. The third-order valence-corrected chi connectivity index (χ3v) is 6.36. The molecule has 0 aliphatic carbocycles. The third kappa shape index (κ3) is 3.80. The Labute approximate surface area is 174 Å². The van der Waals surface area contributed by atoms with Gasteiger partial charge < -0.3 is 14.9 Å². The summed E-state index contributed by atoms with van der Waals surface area (Å²) in [4.78, 5) is 20.3. The average molecular weight is 440 g/mol. The lowest BCUT2D eigenvalue weighted by atomic mass is 10.1. The average Bonchev–Trinajstić information content (AvgIpc) is 3.29. The summed E-state index contributed by atoms with van der Waals surface area (Å²) in [6, 6.07) is 7.10. The zero-order valence-corrected chi connectivity index (χ0v) is 17.1. The van der Waals surface area contributed by atoms with Crippen LogP contribution in [0, 0.1) is 0 Å². The molecule has 2 aliphatic heterocycles. The number of halogens is 3. The number of nitrogens with one attached hydrogen (secondary N) is 1. The summed E-state index contributed by atoms with van der Waals surface area (Å²) in [7, 11) is 0. The van der Waals surface area contributed by atoms with Gasteiger partial charge in [0.05, 0.1) is 48.6 Å². The number of rotatable bonds is 4. The maximum absolute atomic E-state index is 13.8. The van der Waals surface area contributed by atoms with Crippen LogP contribution in [0.1, 0.15) is 6.92 Å². The number of fused-ring (bicyclic) bond motifs is 1. The Bertz CT molecular complexity index is 992. The summed E-state index contributed by atoms with van der Waals surface area (Å²) < 4.78 is 42.0. The smallest absolute Gasteiger partial charge is 0.391 e. The molecule has 2 N–H and O–H groups in total. The molecule has 7 nitrogen and oxygen atoms in total. The molecule has 0 atom stereocenters. The molecule has 3 heterocycles. The van der Waals surface area contributed by atoms with E-state index in [1.807, 2.05) is 0 Å². The molecule has 4 rings (SSSR count). The van der Waals surface area contributed by atoms with Gasteiger partial charge in [0.15, 0.2) is 5.71 Å². The lowest BCUT2D eigenvalue weighted by Crippen LogP contribution is -3.15. The molecule has 160 valence electrons. The van der Waals surface area contributed by atoms with Crippen molar-refractivity contribution in [2.24, 2.45) is 5.10 Å². The number of piperazine rings is 1. The molecule has 11 heteroatoms. The lowest BCUT2D eigenvalue weighted by molar-refractivity contribution is -0.904. The van der Waals surface area contributed by atoms with Gasteiger partial charge in [0.25, 0.3) is 5.91 Å². The highest BCUT2D eigenvalue weighted by Crippen LogP contribution is 2.36. The Hall–Kier alpha value is -2.50. The summed E-state index contributed by atoms with van der Waals surface area (Å²) in [5, 5.41) is 13.6. The Morgan fingerprint density at radius 2 is 1.97 bits per heavy atom. The Morgan fingerprint density at radius 3 is 2.60 bits per heavy atom. The molecular formula is C19H21F3N5O2S+. The third-order valence-electron chi connectivity index (χ3n) is 5.35. The molecule has 0 unspecified atom stereocenters. The number of aliphatic hydroxyl groups excluding tert-OH is 1. The predicted octanol–water partition coefficient (Wildman–Crippen LogP) is 1.03. The van der Waals surface area contributed by atoms with Crippen LogP contribution in [0.2, 0.25) is 0 Å². The number of aliphatic hydroxyl groups is 1. The first kappa shape index (κ1) is 20.8. The largest absolute Gasteiger partial charge is 0.436 e. The van der Waals surface area contributed by atoms with Crippen molar-refractivity contribution in [1.29, 1.82) is 0 Å². The number of aromatic nitrogens is 1. The first-order valence-corrected chi connectivity index (χ1v) is 10.4. The molecule has 0 spiro atoms. The number of thiazole rings is 1. The van der Waals surface area contributed by atoms with Crippen molar-refractivity contribution in [2.45, 2.75) is 13.1 Å². The highest BCUT2D eigenvalue weighted by molar-refractivity contribution is 7.22. The molecule has 1 amide bonds. The van der Waals surface area contributed by atoms with Crippen molar-refractivity contribution >= 4 is 38.3 Å². The molecule has 2 aromatic rings. The number of carbonyl (C=O) groups is 1. The van der Waals surface area contributed by atoms with Gasteiger partial charge in [-0.3, -0.25) is 4.79 Å². The van der Waals surface area contributed by atoms with Crippen LogP contribution in [0.15, 0.2) is 40.6 Å². The van der Waals surface area contributed by atoms with Crippen LogP contribution >= 0.6 is 11.3 Å². The summed E-state index contributed by atoms with van der Waals surface area (Å²) in [5.41, 5.74) is -0.740. The van der Waals surface area contributed by atoms with Crippen LogP contribution in [0.4, 0.5) is 18.3 Å². The minimum absolute atomic E-state index is 0.0654. The summed E-state index contributed by atoms with van der Waals surface area (Å²) >= 11 is 1.12. The van der Waals surface area contributed by atoms with Crippen LogP contribution in [0.25, 0.3) is 10.2 Å². The SMILES string of the molecule is C/C(=C1\C(=O)N(c2nc3ccccc3s2)N=C1C(F)(F)F)N1CC[NH+](CCO)CC1. The fourth-order valence-electron chi connectivity index (χ4n) is 3.73. The number of carbonyl (C=O) groups excluding carboxylic acids is 1. The van der Waals surface area contributed by atoms with Crippen LogP contribution in [-0.4, -0.2) is 72.1 Å². The Morgan fingerprint density at radius 1 is 1.27 bits per heavy atom. The van der Waals surface area contributed by atoms with E-state index in [0.717, 1.165) is 21.0 Å². The molecule has 0 bridgehead atoms. The van der Waals surface area contributed by atoms with Gasteiger partial charge in [-0.1, -0.05) is 23.5 Å². The first-order chi connectivity index (χ1) is 14.3. The summed E-state index contributed by atoms with van der Waals surface area (Å²) in [5.74, 6) is -0.816. The van der Waals surface area contributed by atoms with Crippen molar-refractivity contribution in [3.05, 3.63) is 35.5 Å². The maximum atomic E-state index is 13.8. The number of para-hydroxylation sites is 1. The number of anilines is 1. The van der Waals surface area contributed by atoms with Crippen LogP contribution in [0.3, 0.4) is 0 Å². The van der Waals surface area contributed by atoms with E-state index >= 15 is 0 Å². The molecule has 1 fully saturated rings. The van der Waals surface area contributed by atoms with Gasteiger partial charge in [-0.15, -0.1) is 0 Å². The molecule has 30 heavy (non-hydrogen) atoms. The number of hydrogen-bond acceptors (Lipinski definition) is 6. The van der Waals surface area contributed by atoms with Gasteiger partial charge in [0.2, 0.25) is 5.13 Å². The van der Waals surface area contributed by atoms with E-state index in [-0.39, 0.29) is 17.4 Å². The number of quaternary nitrogens is 1. The van der Waals surface area contributed by atoms with Gasteiger partial charge in [-0.2, -0.15) is 23.3 Å². The van der Waals surface area contributed by atoms with Gasteiger partial charge in [-0.05, 0) is 19.1 Å². The maximum Gasteiger partial charge on any atom is 0.436 e. The van der Waals surface area contributed by atoms with E-state index in [2.05, 4.69) is 10.1 Å². The number of nitrogens with zero attached hydrogens (tertiary/aromatic N) is 4. The fraction of sp³-hybridized carbons (Fsp3) is 0.421. The van der Waals surface area contributed by atoms with Gasteiger partial charge >= 0.3 is 6.18 Å². The van der Waals surface area contributed by atoms with Gasteiger partial charge in [0.1, 0.15) is 6.54 Å². The van der Waals surface area contributed by atoms with Gasteiger partial charge in [-0.25, -0.2) is 4.98 Å². The second kappa shape index (κ2) is 7.97. The highest BCUT2D eigenvalue weighted by atomic mass is 32.1. The van der Waals surface area contributed by atoms with Crippen molar-refractivity contribution in [1.82, 2.24) is 9.88 Å². The summed E-state index contributed by atoms with van der Waals surface area (Å²) in [6.07, 6.45) is -4.76. The topological polar surface area (TPSA) is 73.5 Å². The molecule has 0 saturated carbocycles. The van der Waals surface area contributed by atoms with Gasteiger partial charge in [0, 0.05) is 5.70 Å². The van der Waals surface area contributed by atoms with Crippen LogP contribution < -0.4 is 9.91 Å². The van der Waals surface area contributed by atoms with Crippen LogP contribution in [0.5, 0.6) is 0 Å². The zero-order valence-electron chi connectivity index (χ0n) is 16.2. The van der Waals surface area contributed by atoms with E-state index in [0.29, 0.717) is 38.2 Å². The highest BCUT2D eigenvalue weighted by Gasteiger charge is 2.49. The standard InChI is InChI=1S/C19H20F3N5O2S/c1-12(26-8-6-25(7-9-26)10-11-28)15-16(19(20,21)22)24-27(17(15)29)18-23-13-4-2-3-5-14(13)30-18/h2-5,28H,6-11H2,1H3/p+1/b15-12+. The predicted molar refractivity (Wildman–Crippen MR) is 108 cm³/mol. The number of allylic oxidation sites excluding steroid dienone is 1. The quantitative estimate of drug-likeness (QED) is 0.697. The van der Waals surface area contributed by atoms with E-state index in [1.54, 1.807) is 29.2 Å². The number of alkyl halides is 3. The molecule has 1 saturated heterocycles. The van der Waals surface area contributed by atoms with E-state index < -0.39 is 23.4 Å². The van der Waals surface area contributed by atoms with Crippen molar-refractivity contribution in [3.8, 4) is 0 Å². The van der Waals surface area contributed by atoms with Crippen LogP contribution in [-0.2, 0) is 4.79 Å². The minimum atomic E-state index is -4.76. The number of amides is 1. The zero-order chi connectivity index (χ0) is 21.5. The van der Waals surface area contributed by atoms with E-state index in [1.165, 1.54) is 11.8 Å². The molecule has 0 radical (unpaired) electrons. The number of benzene rings is 1.